The number of para-hydroxylation sites is 2. The summed E-state index contributed by atoms with van der Waals surface area (Å²) in [4.78, 5) is 31.7. The maximum absolute atomic E-state index is 13.2. The van der Waals surface area contributed by atoms with Crippen LogP contribution in [-0.2, 0) is 17.7 Å². The third-order valence-electron chi connectivity index (χ3n) is 4.50. The summed E-state index contributed by atoms with van der Waals surface area (Å²) in [6, 6.07) is 16.6. The molecule has 1 aliphatic heterocycles. The van der Waals surface area contributed by atoms with Gasteiger partial charge in [-0.15, -0.1) is 0 Å². The molecule has 2 aromatic carbocycles. The quantitative estimate of drug-likeness (QED) is 0.694. The Hall–Kier alpha value is -3.39. The van der Waals surface area contributed by atoms with E-state index in [9.17, 15) is 9.59 Å². The van der Waals surface area contributed by atoms with Crippen LogP contribution in [0.15, 0.2) is 54.6 Å². The number of methoxy groups -OCH3 is 1. The number of hydrogen-bond acceptors (Lipinski definition) is 6. The van der Waals surface area contributed by atoms with Crippen molar-refractivity contribution >= 4 is 28.5 Å². The van der Waals surface area contributed by atoms with Crippen LogP contribution < -0.4 is 10.1 Å². The van der Waals surface area contributed by atoms with E-state index in [0.29, 0.717) is 41.7 Å². The van der Waals surface area contributed by atoms with Gasteiger partial charge in [-0.25, -0.2) is 9.78 Å². The van der Waals surface area contributed by atoms with Crippen molar-refractivity contribution in [2.75, 3.05) is 19.0 Å². The maximum Gasteiger partial charge on any atom is 0.413 e. The highest BCUT2D eigenvalue weighted by atomic mass is 32.1. The molecule has 0 saturated heterocycles. The smallest absolute Gasteiger partial charge is 0.413 e. The number of nitrogens with zero attached hydrogens (tertiary/aromatic N) is 2. The molecule has 0 saturated carbocycles. The van der Waals surface area contributed by atoms with Crippen molar-refractivity contribution in [1.82, 2.24) is 9.88 Å². The molecule has 3 aromatic rings. The van der Waals surface area contributed by atoms with Gasteiger partial charge in [-0.2, -0.15) is 0 Å². The van der Waals surface area contributed by atoms with Gasteiger partial charge in [0.2, 0.25) is 0 Å². The highest BCUT2D eigenvalue weighted by Gasteiger charge is 2.27. The fourth-order valence-electron chi connectivity index (χ4n) is 3.08. The third kappa shape index (κ3) is 4.22. The zero-order chi connectivity index (χ0) is 20.2. The van der Waals surface area contributed by atoms with Crippen molar-refractivity contribution in [2.24, 2.45) is 0 Å². The Morgan fingerprint density at radius 2 is 1.86 bits per heavy atom. The van der Waals surface area contributed by atoms with Crippen LogP contribution in [0.2, 0.25) is 0 Å². The number of fused-ring (bicyclic) bond motifs is 1. The summed E-state index contributed by atoms with van der Waals surface area (Å²) in [7, 11) is 1.30. The lowest BCUT2D eigenvalue weighted by atomic mass is 10.1. The molecule has 1 N–H and O–H groups in total. The lowest BCUT2D eigenvalue weighted by Crippen LogP contribution is -2.35. The van der Waals surface area contributed by atoms with E-state index >= 15 is 0 Å². The van der Waals surface area contributed by atoms with Gasteiger partial charge in [0.1, 0.15) is 11.5 Å². The lowest BCUT2D eigenvalue weighted by molar-refractivity contribution is 0.0733. The fourth-order valence-corrected chi connectivity index (χ4v) is 4.09. The van der Waals surface area contributed by atoms with Crippen molar-refractivity contribution in [3.63, 3.8) is 0 Å². The summed E-state index contributed by atoms with van der Waals surface area (Å²) in [5.41, 5.74) is 1.41. The zero-order valence-corrected chi connectivity index (χ0v) is 16.6. The van der Waals surface area contributed by atoms with Crippen LogP contribution >= 0.6 is 11.3 Å². The van der Waals surface area contributed by atoms with Gasteiger partial charge in [-0.3, -0.25) is 10.1 Å². The van der Waals surface area contributed by atoms with Gasteiger partial charge in [0.15, 0.2) is 5.13 Å². The second-order valence-corrected chi connectivity index (χ2v) is 7.48. The van der Waals surface area contributed by atoms with Gasteiger partial charge in [0.25, 0.3) is 5.91 Å². The summed E-state index contributed by atoms with van der Waals surface area (Å²) in [5, 5.41) is 3.06. The normalized spacial score (nSPS) is 12.8. The number of thiazole rings is 1. The van der Waals surface area contributed by atoms with E-state index in [4.69, 9.17) is 4.74 Å². The Kier molecular flexibility index (Phi) is 5.44. The SMILES string of the molecule is COC(=O)Nc1nc2c(s1)CN(C(=O)c1ccccc1Oc1ccccc1)CC2. The van der Waals surface area contributed by atoms with E-state index in [1.807, 2.05) is 42.5 Å². The van der Waals surface area contributed by atoms with Gasteiger partial charge < -0.3 is 14.4 Å². The molecule has 0 aliphatic carbocycles. The molecule has 29 heavy (non-hydrogen) atoms. The Balaban J connectivity index is 1.52. The van der Waals surface area contributed by atoms with Crippen molar-refractivity contribution in [3.8, 4) is 11.5 Å². The maximum atomic E-state index is 13.2. The average molecular weight is 409 g/mol. The Morgan fingerprint density at radius 3 is 2.66 bits per heavy atom. The number of ether oxygens (including phenoxy) is 2. The number of benzene rings is 2. The second-order valence-electron chi connectivity index (χ2n) is 6.39. The largest absolute Gasteiger partial charge is 0.457 e. The van der Waals surface area contributed by atoms with Gasteiger partial charge in [0, 0.05) is 17.8 Å². The zero-order valence-electron chi connectivity index (χ0n) is 15.8. The van der Waals surface area contributed by atoms with Crippen LogP contribution in [0.5, 0.6) is 11.5 Å². The molecular weight excluding hydrogens is 390 g/mol. The number of anilines is 1. The number of aromatic nitrogens is 1. The van der Waals surface area contributed by atoms with Crippen LogP contribution in [0.25, 0.3) is 0 Å². The predicted molar refractivity (Wildman–Crippen MR) is 110 cm³/mol. The molecular formula is C21H19N3O4S. The molecule has 1 aliphatic rings. The molecule has 0 unspecified atom stereocenters. The van der Waals surface area contributed by atoms with Gasteiger partial charge in [-0.05, 0) is 24.3 Å². The summed E-state index contributed by atoms with van der Waals surface area (Å²) >= 11 is 1.35. The predicted octanol–water partition coefficient (Wildman–Crippen LogP) is 4.31. The van der Waals surface area contributed by atoms with Crippen LogP contribution in [0.3, 0.4) is 0 Å². The third-order valence-corrected chi connectivity index (χ3v) is 5.50. The summed E-state index contributed by atoms with van der Waals surface area (Å²) in [6.07, 6.45) is 0.0679. The number of carbonyl (C=O) groups excluding carboxylic acids is 2. The van der Waals surface area contributed by atoms with E-state index in [1.54, 1.807) is 17.0 Å². The molecule has 2 amide bonds. The summed E-state index contributed by atoms with van der Waals surface area (Å²) in [6.45, 7) is 0.987. The number of amides is 2. The number of rotatable bonds is 4. The first-order chi connectivity index (χ1) is 14.1. The molecule has 0 fully saturated rings. The van der Waals surface area contributed by atoms with Crippen LogP contribution in [0.4, 0.5) is 9.93 Å². The number of nitrogens with one attached hydrogen (secondary N) is 1. The monoisotopic (exact) mass is 409 g/mol. The molecule has 1 aromatic heterocycles. The lowest BCUT2D eigenvalue weighted by Gasteiger charge is -2.26. The van der Waals surface area contributed by atoms with Gasteiger partial charge >= 0.3 is 6.09 Å². The summed E-state index contributed by atoms with van der Waals surface area (Å²) < 4.78 is 10.5. The second kappa shape index (κ2) is 8.32. The molecule has 4 rings (SSSR count). The fraction of sp³-hybridized carbons (Fsp3) is 0.190. The summed E-state index contributed by atoms with van der Waals surface area (Å²) in [5.74, 6) is 1.10. The number of carbonyl (C=O) groups is 2. The molecule has 7 nitrogen and oxygen atoms in total. The van der Waals surface area contributed by atoms with Crippen molar-refractivity contribution < 1.29 is 19.1 Å². The molecule has 148 valence electrons. The van der Waals surface area contributed by atoms with E-state index in [2.05, 4.69) is 15.0 Å². The molecule has 0 spiro atoms. The molecule has 0 bridgehead atoms. The first kappa shape index (κ1) is 18.9. The molecule has 8 heteroatoms. The van der Waals surface area contributed by atoms with Crippen LogP contribution in [-0.4, -0.2) is 35.5 Å². The Labute approximate surface area is 171 Å². The first-order valence-electron chi connectivity index (χ1n) is 9.09. The average Bonchev–Trinajstić information content (AvgIpc) is 3.15. The Morgan fingerprint density at radius 1 is 1.10 bits per heavy atom. The highest BCUT2D eigenvalue weighted by Crippen LogP contribution is 2.31. The van der Waals surface area contributed by atoms with Crippen LogP contribution in [0.1, 0.15) is 20.9 Å². The van der Waals surface area contributed by atoms with Crippen molar-refractivity contribution in [2.45, 2.75) is 13.0 Å². The van der Waals surface area contributed by atoms with E-state index in [1.165, 1.54) is 18.4 Å². The molecule has 2 heterocycles. The minimum Gasteiger partial charge on any atom is -0.457 e. The highest BCUT2D eigenvalue weighted by molar-refractivity contribution is 7.15. The van der Waals surface area contributed by atoms with E-state index < -0.39 is 6.09 Å². The van der Waals surface area contributed by atoms with E-state index in [0.717, 1.165) is 10.6 Å². The first-order valence-corrected chi connectivity index (χ1v) is 9.90. The number of hydrogen-bond donors (Lipinski definition) is 1. The Bertz CT molecular complexity index is 1040. The minimum atomic E-state index is -0.559. The van der Waals surface area contributed by atoms with E-state index in [-0.39, 0.29) is 5.91 Å². The van der Waals surface area contributed by atoms with Gasteiger partial charge in [0.05, 0.1) is 24.9 Å². The van der Waals surface area contributed by atoms with Gasteiger partial charge in [-0.1, -0.05) is 41.7 Å². The topological polar surface area (TPSA) is 80.8 Å². The van der Waals surface area contributed by atoms with Crippen molar-refractivity contribution in [1.29, 1.82) is 0 Å². The molecule has 0 radical (unpaired) electrons. The molecule has 0 atom stereocenters. The van der Waals surface area contributed by atoms with Crippen LogP contribution in [0, 0.1) is 0 Å². The minimum absolute atomic E-state index is 0.0990. The standard InChI is InChI=1S/C21H19N3O4S/c1-27-21(26)23-20-22-16-11-12-24(13-18(16)29-20)19(25)15-9-5-6-10-17(15)28-14-7-3-2-4-8-14/h2-10H,11-13H2,1H3,(H,22,23,26). The van der Waals surface area contributed by atoms with Crippen molar-refractivity contribution in [3.05, 3.63) is 70.7 Å².